The Bertz CT molecular complexity index is 911. The van der Waals surface area contributed by atoms with Crippen molar-refractivity contribution < 1.29 is 9.59 Å². The Kier molecular flexibility index (Phi) is 5.52. The number of rotatable bonds is 3. The molecule has 2 saturated heterocycles. The first-order valence-corrected chi connectivity index (χ1v) is 10.1. The third-order valence-electron chi connectivity index (χ3n) is 5.23. The molecule has 0 bridgehead atoms. The highest BCUT2D eigenvalue weighted by atomic mass is 35.5. The van der Waals surface area contributed by atoms with E-state index in [2.05, 4.69) is 9.80 Å². The zero-order valence-corrected chi connectivity index (χ0v) is 17.2. The van der Waals surface area contributed by atoms with Crippen LogP contribution in [-0.2, 0) is 9.59 Å². The molecule has 5 nitrogen and oxygen atoms in total. The van der Waals surface area contributed by atoms with Gasteiger partial charge in [0.05, 0.1) is 28.2 Å². The number of hydrogen-bond donors (Lipinski definition) is 0. The summed E-state index contributed by atoms with van der Waals surface area (Å²) in [4.78, 5) is 31.1. The van der Waals surface area contributed by atoms with E-state index >= 15 is 0 Å². The third-order valence-corrected chi connectivity index (χ3v) is 6.22. The first kappa shape index (κ1) is 19.5. The van der Waals surface area contributed by atoms with Gasteiger partial charge in [-0.05, 0) is 42.5 Å². The minimum Gasteiger partial charge on any atom is -0.369 e. The predicted molar refractivity (Wildman–Crippen MR) is 113 cm³/mol. The van der Waals surface area contributed by atoms with Crippen molar-refractivity contribution in [3.63, 3.8) is 0 Å². The molecule has 1 atom stereocenters. The Balaban J connectivity index is 1.44. The number of imide groups is 1. The summed E-state index contributed by atoms with van der Waals surface area (Å²) in [5.74, 6) is -0.420. The fourth-order valence-electron chi connectivity index (χ4n) is 3.74. The monoisotopic (exact) mass is 437 g/mol. The Hall–Kier alpha value is -1.79. The van der Waals surface area contributed by atoms with E-state index in [9.17, 15) is 9.59 Å². The van der Waals surface area contributed by atoms with E-state index in [-0.39, 0.29) is 18.2 Å². The number of halogens is 3. The van der Waals surface area contributed by atoms with Gasteiger partial charge >= 0.3 is 0 Å². The third kappa shape index (κ3) is 3.72. The molecule has 2 amide bonds. The zero-order valence-electron chi connectivity index (χ0n) is 14.9. The predicted octanol–water partition coefficient (Wildman–Crippen LogP) is 4.10. The molecule has 0 aliphatic carbocycles. The van der Waals surface area contributed by atoms with Gasteiger partial charge < -0.3 is 4.90 Å². The number of piperazine rings is 1. The van der Waals surface area contributed by atoms with Gasteiger partial charge in [0.15, 0.2) is 0 Å². The molecule has 2 heterocycles. The highest BCUT2D eigenvalue weighted by molar-refractivity contribution is 6.42. The number of anilines is 2. The van der Waals surface area contributed by atoms with E-state index in [0.29, 0.717) is 33.8 Å². The largest absolute Gasteiger partial charge is 0.369 e. The first-order valence-electron chi connectivity index (χ1n) is 9.00. The molecule has 2 aromatic carbocycles. The van der Waals surface area contributed by atoms with Crippen molar-refractivity contribution in [2.24, 2.45) is 0 Å². The van der Waals surface area contributed by atoms with Crippen LogP contribution in [0.2, 0.25) is 15.1 Å². The molecule has 146 valence electrons. The van der Waals surface area contributed by atoms with E-state index in [1.807, 2.05) is 24.3 Å². The molecule has 4 rings (SSSR count). The van der Waals surface area contributed by atoms with Crippen molar-refractivity contribution >= 4 is 58.0 Å². The van der Waals surface area contributed by atoms with Crippen molar-refractivity contribution in [2.45, 2.75) is 12.5 Å². The Morgan fingerprint density at radius 2 is 1.43 bits per heavy atom. The molecular formula is C20H18Cl3N3O2. The van der Waals surface area contributed by atoms with E-state index < -0.39 is 6.04 Å². The second kappa shape index (κ2) is 7.91. The maximum Gasteiger partial charge on any atom is 0.251 e. The highest BCUT2D eigenvalue weighted by Gasteiger charge is 2.43. The Labute approximate surface area is 178 Å². The average molecular weight is 439 g/mol. The van der Waals surface area contributed by atoms with Gasteiger partial charge in [-0.2, -0.15) is 0 Å². The van der Waals surface area contributed by atoms with Gasteiger partial charge in [0.2, 0.25) is 5.91 Å². The smallest absolute Gasteiger partial charge is 0.251 e. The molecule has 2 fully saturated rings. The van der Waals surface area contributed by atoms with Gasteiger partial charge in [-0.15, -0.1) is 0 Å². The topological polar surface area (TPSA) is 43.9 Å². The number of amides is 2. The van der Waals surface area contributed by atoms with Gasteiger partial charge in [-0.1, -0.05) is 34.8 Å². The molecule has 0 saturated carbocycles. The van der Waals surface area contributed by atoms with E-state index in [4.69, 9.17) is 34.8 Å². The molecule has 2 aliphatic heterocycles. The van der Waals surface area contributed by atoms with Crippen LogP contribution in [-0.4, -0.2) is 48.9 Å². The second-order valence-corrected chi connectivity index (χ2v) is 8.14. The maximum atomic E-state index is 13.0. The molecule has 0 aromatic heterocycles. The number of carbonyl (C=O) groups excluding carboxylic acids is 2. The van der Waals surface area contributed by atoms with Crippen LogP contribution in [0.4, 0.5) is 11.4 Å². The van der Waals surface area contributed by atoms with Crippen LogP contribution in [0.3, 0.4) is 0 Å². The molecule has 8 heteroatoms. The van der Waals surface area contributed by atoms with Crippen LogP contribution in [0, 0.1) is 0 Å². The number of nitrogens with zero attached hydrogens (tertiary/aromatic N) is 3. The molecule has 0 radical (unpaired) electrons. The fourth-order valence-corrected chi connectivity index (χ4v) is 4.16. The standard InChI is InChI=1S/C20H18Cl3N3O2/c21-13-1-3-14(4-2-13)24-7-9-25(10-8-24)18-12-19(27)26(20(18)28)15-5-6-16(22)17(23)11-15/h1-6,11,18H,7-10,12H2/t18-/m1/s1. The average Bonchev–Trinajstić information content (AvgIpc) is 2.99. The Morgan fingerprint density at radius 3 is 2.07 bits per heavy atom. The second-order valence-electron chi connectivity index (χ2n) is 6.89. The SMILES string of the molecule is O=C1C[C@@H](N2CCN(c3ccc(Cl)cc3)CC2)C(=O)N1c1ccc(Cl)c(Cl)c1. The van der Waals surface area contributed by atoms with Gasteiger partial charge in [-0.25, -0.2) is 4.90 Å². The summed E-state index contributed by atoms with van der Waals surface area (Å²) in [6.07, 6.45) is 0.181. The van der Waals surface area contributed by atoms with Crippen molar-refractivity contribution in [2.75, 3.05) is 36.0 Å². The van der Waals surface area contributed by atoms with Crippen molar-refractivity contribution in [3.05, 3.63) is 57.5 Å². The van der Waals surface area contributed by atoms with Gasteiger partial charge in [0.1, 0.15) is 0 Å². The minimum absolute atomic E-state index is 0.181. The molecule has 28 heavy (non-hydrogen) atoms. The molecule has 2 aliphatic rings. The quantitative estimate of drug-likeness (QED) is 0.677. The lowest BCUT2D eigenvalue weighted by atomic mass is 10.1. The van der Waals surface area contributed by atoms with Crippen LogP contribution in [0.1, 0.15) is 6.42 Å². The van der Waals surface area contributed by atoms with Crippen LogP contribution < -0.4 is 9.80 Å². The minimum atomic E-state index is -0.436. The van der Waals surface area contributed by atoms with Gasteiger partial charge in [0, 0.05) is 36.9 Å². The molecule has 0 N–H and O–H groups in total. The van der Waals surface area contributed by atoms with Crippen LogP contribution in [0.5, 0.6) is 0 Å². The molecule has 0 unspecified atom stereocenters. The van der Waals surface area contributed by atoms with E-state index in [0.717, 1.165) is 18.8 Å². The summed E-state index contributed by atoms with van der Waals surface area (Å²) < 4.78 is 0. The first-order chi connectivity index (χ1) is 13.4. The number of carbonyl (C=O) groups is 2. The summed E-state index contributed by atoms with van der Waals surface area (Å²) >= 11 is 17.9. The van der Waals surface area contributed by atoms with Crippen molar-refractivity contribution in [1.29, 1.82) is 0 Å². The van der Waals surface area contributed by atoms with Crippen LogP contribution in [0.25, 0.3) is 0 Å². The van der Waals surface area contributed by atoms with Crippen LogP contribution in [0.15, 0.2) is 42.5 Å². The lowest BCUT2D eigenvalue weighted by Crippen LogP contribution is -2.52. The molecular weight excluding hydrogens is 421 g/mol. The maximum absolute atomic E-state index is 13.0. The lowest BCUT2D eigenvalue weighted by molar-refractivity contribution is -0.123. The number of benzene rings is 2. The zero-order chi connectivity index (χ0) is 19.8. The molecule has 0 spiro atoms. The number of hydrogen-bond acceptors (Lipinski definition) is 4. The van der Waals surface area contributed by atoms with Gasteiger partial charge in [0.25, 0.3) is 5.91 Å². The van der Waals surface area contributed by atoms with Crippen LogP contribution >= 0.6 is 34.8 Å². The molecule has 2 aromatic rings. The van der Waals surface area contributed by atoms with E-state index in [1.165, 1.54) is 4.90 Å². The summed E-state index contributed by atoms with van der Waals surface area (Å²) in [7, 11) is 0. The lowest BCUT2D eigenvalue weighted by Gasteiger charge is -2.38. The van der Waals surface area contributed by atoms with Crippen molar-refractivity contribution in [3.8, 4) is 0 Å². The Morgan fingerprint density at radius 1 is 0.786 bits per heavy atom. The highest BCUT2D eigenvalue weighted by Crippen LogP contribution is 2.31. The summed E-state index contributed by atoms with van der Waals surface area (Å²) in [5, 5.41) is 1.42. The van der Waals surface area contributed by atoms with Crippen molar-refractivity contribution in [1.82, 2.24) is 4.90 Å². The summed E-state index contributed by atoms with van der Waals surface area (Å²) in [6, 6.07) is 12.1. The fraction of sp³-hybridized carbons (Fsp3) is 0.300. The normalized spacial score (nSPS) is 20.9. The summed E-state index contributed by atoms with van der Waals surface area (Å²) in [5.41, 5.74) is 1.57. The summed E-state index contributed by atoms with van der Waals surface area (Å²) in [6.45, 7) is 2.99. The van der Waals surface area contributed by atoms with E-state index in [1.54, 1.807) is 18.2 Å². The van der Waals surface area contributed by atoms with Gasteiger partial charge in [-0.3, -0.25) is 14.5 Å².